The van der Waals surface area contributed by atoms with Gasteiger partial charge in [-0.15, -0.1) is 21.5 Å². The Balaban J connectivity index is 1.51. The van der Waals surface area contributed by atoms with E-state index in [0.29, 0.717) is 0 Å². The van der Waals surface area contributed by atoms with Crippen LogP contribution in [0.1, 0.15) is 21.7 Å². The van der Waals surface area contributed by atoms with Crippen LogP contribution < -0.4 is 4.74 Å². The summed E-state index contributed by atoms with van der Waals surface area (Å²) in [5.74, 6) is 0.882. The molecule has 1 saturated heterocycles. The Kier molecular flexibility index (Phi) is 4.65. The minimum absolute atomic E-state index is 0.0919. The molecule has 1 fully saturated rings. The topological polar surface area (TPSA) is 47.5 Å². The van der Waals surface area contributed by atoms with E-state index in [1.807, 2.05) is 13.0 Å². The van der Waals surface area contributed by atoms with Gasteiger partial charge in [0.15, 0.2) is 0 Å². The minimum Gasteiger partial charge on any atom is -0.497 e. The number of rotatable bonds is 4. The molecule has 1 aliphatic rings. The van der Waals surface area contributed by atoms with Gasteiger partial charge in [0.1, 0.15) is 15.8 Å². The summed E-state index contributed by atoms with van der Waals surface area (Å²) >= 11 is 1.67. The molecule has 6 heteroatoms. The molecule has 4 rings (SSSR count). The van der Waals surface area contributed by atoms with Crippen molar-refractivity contribution < 1.29 is 9.47 Å². The molecule has 2 aromatic carbocycles. The van der Waals surface area contributed by atoms with E-state index in [1.54, 1.807) is 18.4 Å². The van der Waals surface area contributed by atoms with Gasteiger partial charge >= 0.3 is 0 Å². The molecule has 2 heterocycles. The van der Waals surface area contributed by atoms with Crippen molar-refractivity contribution in [3.63, 3.8) is 0 Å². The molecule has 0 unspecified atom stereocenters. The number of aromatic nitrogens is 2. The quantitative estimate of drug-likeness (QED) is 0.716. The third kappa shape index (κ3) is 3.66. The second-order valence-corrected chi connectivity index (χ2v) is 7.55. The second kappa shape index (κ2) is 7.07. The second-order valence-electron chi connectivity index (χ2n) is 6.28. The maximum atomic E-state index is 6.03. The lowest BCUT2D eigenvalue weighted by molar-refractivity contribution is -0.0329. The third-order valence-electron chi connectivity index (χ3n) is 4.52. The summed E-state index contributed by atoms with van der Waals surface area (Å²) in [7, 11) is 1.69. The van der Waals surface area contributed by atoms with Gasteiger partial charge in [0.2, 0.25) is 0 Å². The molecule has 1 atom stereocenters. The lowest BCUT2D eigenvalue weighted by Crippen LogP contribution is -2.37. The van der Waals surface area contributed by atoms with Crippen LogP contribution in [0.4, 0.5) is 0 Å². The average molecular weight is 355 g/mol. The molecule has 0 spiro atoms. The zero-order valence-electron chi connectivity index (χ0n) is 14.4. The van der Waals surface area contributed by atoms with Crippen LogP contribution in [0.2, 0.25) is 0 Å². The Morgan fingerprint density at radius 2 is 2.04 bits per heavy atom. The van der Waals surface area contributed by atoms with Gasteiger partial charge in [-0.1, -0.05) is 18.2 Å². The number of morpholine rings is 1. The first-order valence-corrected chi connectivity index (χ1v) is 9.23. The van der Waals surface area contributed by atoms with Crippen molar-refractivity contribution in [3.8, 4) is 5.75 Å². The standard InChI is InChI=1S/C19H21N3O2S/c1-13-20-21-19(25-13)12-22-7-8-24-18(11-22)16-4-3-15-10-17(23-2)6-5-14(15)9-16/h3-6,9-10,18H,7-8,11-12H2,1-2H3/t18-/m0/s1. The fraction of sp³-hybridized carbons (Fsp3) is 0.368. The summed E-state index contributed by atoms with van der Waals surface area (Å²) in [4.78, 5) is 2.40. The fourth-order valence-corrected chi connectivity index (χ4v) is 3.96. The molecule has 0 saturated carbocycles. The number of hydrogen-bond acceptors (Lipinski definition) is 6. The highest BCUT2D eigenvalue weighted by atomic mass is 32.1. The lowest BCUT2D eigenvalue weighted by Gasteiger charge is -2.32. The molecule has 5 nitrogen and oxygen atoms in total. The average Bonchev–Trinajstić information content (AvgIpc) is 3.05. The van der Waals surface area contributed by atoms with Crippen molar-refractivity contribution in [1.29, 1.82) is 0 Å². The van der Waals surface area contributed by atoms with Crippen molar-refractivity contribution in [2.45, 2.75) is 19.6 Å². The number of methoxy groups -OCH3 is 1. The van der Waals surface area contributed by atoms with Gasteiger partial charge in [-0.3, -0.25) is 4.90 Å². The van der Waals surface area contributed by atoms with Crippen molar-refractivity contribution >= 4 is 22.1 Å². The van der Waals surface area contributed by atoms with Crippen molar-refractivity contribution in [2.24, 2.45) is 0 Å². The van der Waals surface area contributed by atoms with Crippen LogP contribution in [-0.2, 0) is 11.3 Å². The summed E-state index contributed by atoms with van der Waals surface area (Å²) in [6.45, 7) is 5.38. The summed E-state index contributed by atoms with van der Waals surface area (Å²) in [6, 6.07) is 12.7. The molecule has 0 bridgehead atoms. The highest BCUT2D eigenvalue weighted by molar-refractivity contribution is 7.11. The first kappa shape index (κ1) is 16.4. The minimum atomic E-state index is 0.0919. The smallest absolute Gasteiger partial charge is 0.131 e. The SMILES string of the molecule is COc1ccc2cc([C@@H]3CN(Cc4nnc(C)s4)CCO3)ccc2c1. The van der Waals surface area contributed by atoms with E-state index in [1.165, 1.54) is 16.3 Å². The number of benzene rings is 2. The molecule has 1 aliphatic heterocycles. The third-order valence-corrected chi connectivity index (χ3v) is 5.34. The summed E-state index contributed by atoms with van der Waals surface area (Å²) in [6.07, 6.45) is 0.0919. The van der Waals surface area contributed by atoms with E-state index < -0.39 is 0 Å². The molecular weight excluding hydrogens is 334 g/mol. The van der Waals surface area contributed by atoms with E-state index >= 15 is 0 Å². The molecule has 1 aromatic heterocycles. The number of ether oxygens (including phenoxy) is 2. The van der Waals surface area contributed by atoms with Crippen molar-refractivity contribution in [2.75, 3.05) is 26.8 Å². The van der Waals surface area contributed by atoms with Gasteiger partial charge in [-0.25, -0.2) is 0 Å². The highest BCUT2D eigenvalue weighted by Gasteiger charge is 2.23. The van der Waals surface area contributed by atoms with Gasteiger partial charge in [0, 0.05) is 13.1 Å². The van der Waals surface area contributed by atoms with Crippen LogP contribution in [0.15, 0.2) is 36.4 Å². The van der Waals surface area contributed by atoms with Crippen LogP contribution in [-0.4, -0.2) is 41.9 Å². The Labute approximate surface area is 151 Å². The predicted octanol–water partition coefficient (Wildman–Crippen LogP) is 3.58. The monoisotopic (exact) mass is 355 g/mol. The molecule has 0 N–H and O–H groups in total. The largest absolute Gasteiger partial charge is 0.497 e. The maximum absolute atomic E-state index is 6.03. The zero-order chi connectivity index (χ0) is 17.2. The molecule has 0 amide bonds. The van der Waals surface area contributed by atoms with Crippen molar-refractivity contribution in [1.82, 2.24) is 15.1 Å². The lowest BCUT2D eigenvalue weighted by atomic mass is 10.0. The fourth-order valence-electron chi connectivity index (χ4n) is 3.21. The van der Waals surface area contributed by atoms with E-state index in [4.69, 9.17) is 9.47 Å². The Bertz CT molecular complexity index is 880. The summed E-state index contributed by atoms with van der Waals surface area (Å²) in [5, 5.41) is 12.8. The van der Waals surface area contributed by atoms with Crippen LogP contribution >= 0.6 is 11.3 Å². The van der Waals surface area contributed by atoms with Gasteiger partial charge < -0.3 is 9.47 Å². The van der Waals surface area contributed by atoms with Gasteiger partial charge in [0.25, 0.3) is 0 Å². The normalized spacial score (nSPS) is 18.6. The highest BCUT2D eigenvalue weighted by Crippen LogP contribution is 2.28. The van der Waals surface area contributed by atoms with Gasteiger partial charge in [-0.2, -0.15) is 0 Å². The molecule has 0 aliphatic carbocycles. The summed E-state index contributed by atoms with van der Waals surface area (Å²) < 4.78 is 11.3. The van der Waals surface area contributed by atoms with Crippen LogP contribution in [0.5, 0.6) is 5.75 Å². The Morgan fingerprint density at radius 1 is 1.20 bits per heavy atom. The Morgan fingerprint density at radius 3 is 2.84 bits per heavy atom. The van der Waals surface area contributed by atoms with Crippen LogP contribution in [0.25, 0.3) is 10.8 Å². The number of fused-ring (bicyclic) bond motifs is 1. The van der Waals surface area contributed by atoms with E-state index in [0.717, 1.165) is 42.0 Å². The van der Waals surface area contributed by atoms with Gasteiger partial charge in [0.05, 0.1) is 26.4 Å². The predicted molar refractivity (Wildman–Crippen MR) is 99.1 cm³/mol. The maximum Gasteiger partial charge on any atom is 0.131 e. The molecule has 0 radical (unpaired) electrons. The molecule has 3 aromatic rings. The molecular formula is C19H21N3O2S. The van der Waals surface area contributed by atoms with Gasteiger partial charge in [-0.05, 0) is 41.5 Å². The first-order chi connectivity index (χ1) is 12.2. The number of hydrogen-bond donors (Lipinski definition) is 0. The molecule has 130 valence electrons. The Hall–Kier alpha value is -2.02. The van der Waals surface area contributed by atoms with E-state index in [2.05, 4.69) is 45.4 Å². The molecule has 25 heavy (non-hydrogen) atoms. The van der Waals surface area contributed by atoms with Crippen molar-refractivity contribution in [3.05, 3.63) is 52.0 Å². The van der Waals surface area contributed by atoms with E-state index in [-0.39, 0.29) is 6.10 Å². The number of aryl methyl sites for hydroxylation is 1. The first-order valence-electron chi connectivity index (χ1n) is 8.42. The zero-order valence-corrected chi connectivity index (χ0v) is 15.3. The number of nitrogens with zero attached hydrogens (tertiary/aromatic N) is 3. The van der Waals surface area contributed by atoms with Crippen LogP contribution in [0.3, 0.4) is 0 Å². The van der Waals surface area contributed by atoms with Crippen LogP contribution in [0, 0.1) is 6.92 Å². The summed E-state index contributed by atoms with van der Waals surface area (Å²) in [5.41, 5.74) is 1.22. The van der Waals surface area contributed by atoms with E-state index in [9.17, 15) is 0 Å².